The van der Waals surface area contributed by atoms with Crippen molar-refractivity contribution in [1.82, 2.24) is 15.1 Å². The number of nitrogens with zero attached hydrogens (tertiary/aromatic N) is 2. The van der Waals surface area contributed by atoms with Gasteiger partial charge in [0.2, 0.25) is 11.7 Å². The molecule has 0 aromatic heterocycles. The lowest BCUT2D eigenvalue weighted by Crippen LogP contribution is -2.61. The third kappa shape index (κ3) is 6.91. The summed E-state index contributed by atoms with van der Waals surface area (Å²) >= 11 is 0. The van der Waals surface area contributed by atoms with Gasteiger partial charge in [0.05, 0.1) is 12.6 Å². The molecular weight excluding hydrogens is 586 g/mol. The molecule has 6 rings (SSSR count). The van der Waals surface area contributed by atoms with E-state index >= 15 is 0 Å². The minimum Gasteiger partial charge on any atom is -0.488 e. The summed E-state index contributed by atoms with van der Waals surface area (Å²) in [5, 5.41) is 3.58. The van der Waals surface area contributed by atoms with Crippen LogP contribution < -0.4 is 10.1 Å². The van der Waals surface area contributed by atoms with Crippen molar-refractivity contribution in [1.29, 1.82) is 0 Å². The maximum absolute atomic E-state index is 14.4. The normalized spacial score (nSPS) is 19.4. The van der Waals surface area contributed by atoms with Gasteiger partial charge in [-0.1, -0.05) is 36.4 Å². The number of carbonyl (C=O) groups is 2. The van der Waals surface area contributed by atoms with E-state index in [1.807, 2.05) is 29.2 Å². The molecule has 1 saturated carbocycles. The average molecular weight is 622 g/mol. The van der Waals surface area contributed by atoms with Crippen molar-refractivity contribution in [2.45, 2.75) is 63.7 Å². The fourth-order valence-corrected chi connectivity index (χ4v) is 6.28. The second-order valence-electron chi connectivity index (χ2n) is 12.0. The van der Waals surface area contributed by atoms with Crippen LogP contribution in [-0.2, 0) is 22.6 Å². The molecule has 6 nitrogen and oxygen atoms in total. The Labute approximate surface area is 259 Å². The Morgan fingerprint density at radius 1 is 0.911 bits per heavy atom. The lowest BCUT2D eigenvalue weighted by atomic mass is 9.82. The van der Waals surface area contributed by atoms with E-state index in [4.69, 9.17) is 4.74 Å². The van der Waals surface area contributed by atoms with Crippen molar-refractivity contribution in [2.24, 2.45) is 0 Å². The van der Waals surface area contributed by atoms with Crippen molar-refractivity contribution in [2.75, 3.05) is 19.7 Å². The SMILES string of the molecule is CC(=O)N1CC2CC(c3ccc(CCCOc4c(F)ccc(F)c4F)cc3)=C(C(=O)N(Cc3ccc(F)cc3)C3CC3)[C@@H](C1)N2. The summed E-state index contributed by atoms with van der Waals surface area (Å²) in [6, 6.07) is 15.5. The topological polar surface area (TPSA) is 61.9 Å². The van der Waals surface area contributed by atoms with Crippen molar-refractivity contribution in [3.05, 3.63) is 106 Å². The van der Waals surface area contributed by atoms with E-state index in [0.717, 1.165) is 47.2 Å². The van der Waals surface area contributed by atoms with Crippen LogP contribution in [0.4, 0.5) is 17.6 Å². The molecule has 45 heavy (non-hydrogen) atoms. The Morgan fingerprint density at radius 2 is 1.60 bits per heavy atom. The van der Waals surface area contributed by atoms with Crippen molar-refractivity contribution < 1.29 is 31.9 Å². The zero-order chi connectivity index (χ0) is 31.7. The molecule has 3 aromatic rings. The van der Waals surface area contributed by atoms with Gasteiger partial charge in [-0.05, 0) is 78.6 Å². The summed E-state index contributed by atoms with van der Waals surface area (Å²) in [5.74, 6) is -4.59. The van der Waals surface area contributed by atoms with E-state index in [1.165, 1.54) is 12.1 Å². The van der Waals surface area contributed by atoms with Crippen LogP contribution in [0.2, 0.25) is 0 Å². The van der Waals surface area contributed by atoms with Crippen LogP contribution >= 0.6 is 0 Å². The van der Waals surface area contributed by atoms with Gasteiger partial charge in [0, 0.05) is 44.2 Å². The van der Waals surface area contributed by atoms with E-state index in [2.05, 4.69) is 5.32 Å². The summed E-state index contributed by atoms with van der Waals surface area (Å²) in [6.45, 7) is 2.89. The smallest absolute Gasteiger partial charge is 0.252 e. The molecule has 3 aromatic carbocycles. The van der Waals surface area contributed by atoms with Gasteiger partial charge in [-0.15, -0.1) is 0 Å². The van der Waals surface area contributed by atoms with Gasteiger partial charge >= 0.3 is 0 Å². The number of piperazine rings is 1. The monoisotopic (exact) mass is 621 g/mol. The Balaban J connectivity index is 1.22. The second-order valence-corrected chi connectivity index (χ2v) is 12.0. The van der Waals surface area contributed by atoms with Gasteiger partial charge in [-0.3, -0.25) is 9.59 Å². The molecule has 2 bridgehead atoms. The van der Waals surface area contributed by atoms with Gasteiger partial charge in [0.25, 0.3) is 5.91 Å². The minimum absolute atomic E-state index is 0.00566. The van der Waals surface area contributed by atoms with Crippen LogP contribution in [0.3, 0.4) is 0 Å². The van der Waals surface area contributed by atoms with E-state index in [9.17, 15) is 27.2 Å². The standard InChI is InChI=1S/C35H35F4N3O3/c1-21(43)41-19-26-17-28(24-8-4-22(5-9-24)3-2-16-45-34-30(38)15-14-29(37)33(34)39)32(31(20-41)40-26)35(44)42(27-12-13-27)18-23-6-10-25(36)11-7-23/h4-11,14-15,26-27,31,40H,2-3,12-13,16-20H2,1H3/t26?,31-/m1/s1. The highest BCUT2D eigenvalue weighted by atomic mass is 19.2. The Kier molecular flexibility index (Phi) is 8.94. The van der Waals surface area contributed by atoms with Crippen LogP contribution in [-0.4, -0.2) is 59.4 Å². The molecule has 1 unspecified atom stereocenters. The first-order chi connectivity index (χ1) is 21.7. The van der Waals surface area contributed by atoms with E-state index in [0.29, 0.717) is 44.5 Å². The Bertz CT molecular complexity index is 1610. The average Bonchev–Trinajstić information content (AvgIpc) is 3.87. The van der Waals surface area contributed by atoms with Gasteiger partial charge in [-0.2, -0.15) is 4.39 Å². The molecule has 10 heteroatoms. The lowest BCUT2D eigenvalue weighted by Gasteiger charge is -2.44. The number of fused-ring (bicyclic) bond motifs is 2. The number of rotatable bonds is 10. The van der Waals surface area contributed by atoms with Gasteiger partial charge in [0.1, 0.15) is 5.82 Å². The fourth-order valence-electron chi connectivity index (χ4n) is 6.28. The quantitative estimate of drug-likeness (QED) is 0.177. The van der Waals surface area contributed by atoms with E-state index in [-0.39, 0.29) is 42.4 Å². The Hall–Kier alpha value is -4.18. The number of nitrogens with one attached hydrogen (secondary N) is 1. The summed E-state index contributed by atoms with van der Waals surface area (Å²) < 4.78 is 60.0. The molecule has 0 spiro atoms. The first kappa shape index (κ1) is 30.8. The molecule has 1 N–H and O–H groups in total. The maximum atomic E-state index is 14.4. The van der Waals surface area contributed by atoms with Crippen molar-refractivity contribution in [3.63, 3.8) is 0 Å². The first-order valence-corrected chi connectivity index (χ1v) is 15.3. The number of amides is 2. The van der Waals surface area contributed by atoms with E-state index < -0.39 is 23.2 Å². The summed E-state index contributed by atoms with van der Waals surface area (Å²) in [7, 11) is 0. The summed E-state index contributed by atoms with van der Waals surface area (Å²) in [4.78, 5) is 30.4. The third-order valence-electron chi connectivity index (χ3n) is 8.76. The molecule has 0 radical (unpaired) electrons. The van der Waals surface area contributed by atoms with Crippen LogP contribution in [0, 0.1) is 23.3 Å². The number of halogens is 4. The minimum atomic E-state index is -1.34. The lowest BCUT2D eigenvalue weighted by molar-refractivity contribution is -0.132. The number of benzene rings is 3. The Morgan fingerprint density at radius 3 is 2.29 bits per heavy atom. The summed E-state index contributed by atoms with van der Waals surface area (Å²) in [6.07, 6.45) is 3.42. The highest BCUT2D eigenvalue weighted by Crippen LogP contribution is 2.37. The van der Waals surface area contributed by atoms with Crippen molar-refractivity contribution in [3.8, 4) is 5.75 Å². The van der Waals surface area contributed by atoms with Crippen molar-refractivity contribution >= 4 is 17.4 Å². The number of hydrogen-bond acceptors (Lipinski definition) is 4. The predicted octanol–water partition coefficient (Wildman–Crippen LogP) is 5.79. The highest BCUT2D eigenvalue weighted by Gasteiger charge is 2.43. The molecule has 1 saturated heterocycles. The second kappa shape index (κ2) is 13.0. The van der Waals surface area contributed by atoms with E-state index in [1.54, 1.807) is 24.0 Å². The predicted molar refractivity (Wildman–Crippen MR) is 161 cm³/mol. The summed E-state index contributed by atoms with van der Waals surface area (Å²) in [5.41, 5.74) is 4.36. The number of ether oxygens (including phenoxy) is 1. The van der Waals surface area contributed by atoms with Crippen LogP contribution in [0.25, 0.3) is 5.57 Å². The molecule has 1 aliphatic carbocycles. The molecule has 236 valence electrons. The molecule has 2 fully saturated rings. The molecule has 2 aliphatic heterocycles. The van der Waals surface area contributed by atoms with Gasteiger partial charge in [0.15, 0.2) is 17.4 Å². The maximum Gasteiger partial charge on any atom is 0.252 e. The van der Waals surface area contributed by atoms with Crippen LogP contribution in [0.1, 0.15) is 49.3 Å². The van der Waals surface area contributed by atoms with Gasteiger partial charge < -0.3 is 19.9 Å². The van der Waals surface area contributed by atoms with Gasteiger partial charge in [-0.25, -0.2) is 13.2 Å². The van der Waals surface area contributed by atoms with Crippen LogP contribution in [0.5, 0.6) is 5.75 Å². The first-order valence-electron chi connectivity index (χ1n) is 15.3. The molecule has 2 atom stereocenters. The zero-order valence-electron chi connectivity index (χ0n) is 25.0. The molecule has 2 amide bonds. The zero-order valence-corrected chi connectivity index (χ0v) is 25.0. The number of hydrogen-bond donors (Lipinski definition) is 1. The van der Waals surface area contributed by atoms with Crippen LogP contribution in [0.15, 0.2) is 66.2 Å². The molecule has 2 heterocycles. The molecular formula is C35H35F4N3O3. The third-order valence-corrected chi connectivity index (χ3v) is 8.76. The number of carbonyl (C=O) groups excluding carboxylic acids is 2. The highest BCUT2D eigenvalue weighted by molar-refractivity contribution is 6.03. The fraction of sp³-hybridized carbons (Fsp3) is 0.371. The largest absolute Gasteiger partial charge is 0.488 e. The molecule has 3 aliphatic rings. The number of aryl methyl sites for hydroxylation is 1.